The number of thioether (sulfide) groups is 2. The number of carbonyl (C=O) groups excluding carboxylic acids is 2. The van der Waals surface area contributed by atoms with Crippen molar-refractivity contribution >= 4 is 64.9 Å². The van der Waals surface area contributed by atoms with Crippen LogP contribution < -0.4 is 11.1 Å². The molecule has 5 aromatic rings. The molecule has 5 aromatic carbocycles. The summed E-state index contributed by atoms with van der Waals surface area (Å²) < 4.78 is 22.6. The van der Waals surface area contributed by atoms with Gasteiger partial charge in [-0.15, -0.1) is 35.9 Å². The molecular formula is C36H34ClFN2O4S2. The Bertz CT molecular complexity index is 1710. The molecule has 0 spiro atoms. The topological polar surface area (TPSA) is 90.7 Å². The van der Waals surface area contributed by atoms with Crippen molar-refractivity contribution in [3.63, 3.8) is 0 Å². The van der Waals surface area contributed by atoms with E-state index in [0.717, 1.165) is 22.6 Å². The van der Waals surface area contributed by atoms with Crippen molar-refractivity contribution in [1.29, 1.82) is 0 Å². The molecule has 0 bridgehead atoms. The number of carbonyl (C=O) groups is 2. The van der Waals surface area contributed by atoms with Gasteiger partial charge in [0.15, 0.2) is 0 Å². The van der Waals surface area contributed by atoms with Crippen molar-refractivity contribution in [1.82, 2.24) is 0 Å². The number of hydrogen-bond acceptors (Lipinski definition) is 8. The molecule has 6 nitrogen and oxygen atoms in total. The van der Waals surface area contributed by atoms with Gasteiger partial charge in [0, 0.05) is 32.7 Å². The molecule has 5 rings (SSSR count). The first-order chi connectivity index (χ1) is 21.9. The second kappa shape index (κ2) is 18.5. The molecule has 0 fully saturated rings. The molecule has 0 amide bonds. The van der Waals surface area contributed by atoms with Crippen LogP contribution in [0.3, 0.4) is 0 Å². The van der Waals surface area contributed by atoms with Gasteiger partial charge in [0.25, 0.3) is 0 Å². The Morgan fingerprint density at radius 1 is 0.674 bits per heavy atom. The summed E-state index contributed by atoms with van der Waals surface area (Å²) in [4.78, 5) is 25.8. The minimum Gasteiger partial charge on any atom is -0.465 e. The summed E-state index contributed by atoms with van der Waals surface area (Å²) >= 11 is 3.45. The molecular weight excluding hydrogens is 643 g/mol. The van der Waals surface area contributed by atoms with Gasteiger partial charge in [-0.25, -0.2) is 14.0 Å². The number of benzene rings is 5. The number of anilines is 3. The molecule has 3 N–H and O–H groups in total. The van der Waals surface area contributed by atoms with Gasteiger partial charge in [-0.1, -0.05) is 48.5 Å². The van der Waals surface area contributed by atoms with Crippen LogP contribution in [0.2, 0.25) is 0 Å². The van der Waals surface area contributed by atoms with Gasteiger partial charge < -0.3 is 20.5 Å². The second-order valence-electron chi connectivity index (χ2n) is 9.62. The van der Waals surface area contributed by atoms with Crippen molar-refractivity contribution in [2.24, 2.45) is 0 Å². The van der Waals surface area contributed by atoms with Crippen LogP contribution in [0.5, 0.6) is 0 Å². The third-order valence-corrected chi connectivity index (χ3v) is 8.60. The number of esters is 2. The Balaban J connectivity index is 0.000000257. The van der Waals surface area contributed by atoms with Crippen LogP contribution in [0.1, 0.15) is 31.8 Å². The average molecular weight is 677 g/mol. The maximum atomic E-state index is 13.1. The van der Waals surface area contributed by atoms with E-state index in [4.69, 9.17) is 10.5 Å². The number of halogens is 2. The SMILES string of the molecule is COC(=O)c1ccc(CSc2ccccc2)cc1N.COC(=O)c1ccc(CSc2ccccc2)cc1Nc1ccc(F)cc1.Cl. The molecule has 0 heterocycles. The zero-order chi connectivity index (χ0) is 32.0. The lowest BCUT2D eigenvalue weighted by atomic mass is 10.1. The standard InChI is InChI=1S/C21H18FNO2S.C15H15NO2S.ClH/c1-25-21(24)19-12-7-15(14-26-18-5-3-2-4-6-18)13-20(19)23-17-10-8-16(22)9-11-17;1-18-15(17)13-8-7-11(9-14(13)16)10-19-12-5-3-2-4-6-12;/h2-13,23H,14H2,1H3;2-9H,10,16H2,1H3;1H. The maximum Gasteiger partial charge on any atom is 0.339 e. The Morgan fingerprint density at radius 3 is 1.65 bits per heavy atom. The fourth-order valence-electron chi connectivity index (χ4n) is 4.13. The van der Waals surface area contributed by atoms with Crippen LogP contribution in [0, 0.1) is 5.82 Å². The van der Waals surface area contributed by atoms with Gasteiger partial charge in [-0.05, 0) is 83.9 Å². The number of ether oxygens (including phenoxy) is 2. The Hall–Kier alpha value is -4.44. The third kappa shape index (κ3) is 10.9. The highest BCUT2D eigenvalue weighted by Crippen LogP contribution is 2.28. The number of methoxy groups -OCH3 is 2. The minimum atomic E-state index is -0.420. The quantitative estimate of drug-likeness (QED) is 0.0859. The van der Waals surface area contributed by atoms with Crippen molar-refractivity contribution in [2.45, 2.75) is 21.3 Å². The van der Waals surface area contributed by atoms with Crippen LogP contribution >= 0.6 is 35.9 Å². The van der Waals surface area contributed by atoms with Crippen molar-refractivity contribution in [2.75, 3.05) is 25.3 Å². The Morgan fingerprint density at radius 2 is 1.15 bits per heavy atom. The number of nitrogen functional groups attached to an aromatic ring is 1. The fraction of sp³-hybridized carbons (Fsp3) is 0.111. The molecule has 238 valence electrons. The smallest absolute Gasteiger partial charge is 0.339 e. The zero-order valence-corrected chi connectivity index (χ0v) is 27.7. The summed E-state index contributed by atoms with van der Waals surface area (Å²) in [5.74, 6) is 0.451. The lowest BCUT2D eigenvalue weighted by Gasteiger charge is -2.13. The van der Waals surface area contributed by atoms with E-state index in [1.54, 1.807) is 47.8 Å². The van der Waals surface area contributed by atoms with Crippen LogP contribution in [0.4, 0.5) is 21.5 Å². The van der Waals surface area contributed by atoms with Gasteiger partial charge in [0.1, 0.15) is 5.82 Å². The molecule has 0 aliphatic carbocycles. The third-order valence-electron chi connectivity index (χ3n) is 6.43. The van der Waals surface area contributed by atoms with Gasteiger partial charge in [0.05, 0.1) is 31.0 Å². The van der Waals surface area contributed by atoms with E-state index in [1.165, 1.54) is 36.1 Å². The molecule has 10 heteroatoms. The van der Waals surface area contributed by atoms with E-state index in [2.05, 4.69) is 34.3 Å². The minimum absolute atomic E-state index is 0. The lowest BCUT2D eigenvalue weighted by molar-refractivity contribution is 0.0593. The lowest BCUT2D eigenvalue weighted by Crippen LogP contribution is -2.06. The summed E-state index contributed by atoms with van der Waals surface area (Å²) in [7, 11) is 2.70. The number of nitrogens with two attached hydrogens (primary N) is 1. The molecule has 0 saturated heterocycles. The molecule has 0 aliphatic rings. The monoisotopic (exact) mass is 676 g/mol. The summed E-state index contributed by atoms with van der Waals surface area (Å²) in [6, 6.07) is 37.3. The molecule has 0 aromatic heterocycles. The molecule has 0 unspecified atom stereocenters. The van der Waals surface area contributed by atoms with Gasteiger partial charge in [-0.2, -0.15) is 0 Å². The summed E-state index contributed by atoms with van der Waals surface area (Å²) in [6.45, 7) is 0. The van der Waals surface area contributed by atoms with Crippen molar-refractivity contribution in [3.8, 4) is 0 Å². The zero-order valence-electron chi connectivity index (χ0n) is 25.3. The number of rotatable bonds is 10. The van der Waals surface area contributed by atoms with Crippen molar-refractivity contribution < 1.29 is 23.5 Å². The second-order valence-corrected chi connectivity index (χ2v) is 11.7. The van der Waals surface area contributed by atoms with Crippen LogP contribution in [-0.2, 0) is 21.0 Å². The summed E-state index contributed by atoms with van der Waals surface area (Å²) in [5, 5.41) is 3.18. The number of nitrogens with one attached hydrogen (secondary N) is 1. The van der Waals surface area contributed by atoms with E-state index in [1.807, 2.05) is 60.7 Å². The van der Waals surface area contributed by atoms with Crippen LogP contribution in [0.25, 0.3) is 0 Å². The largest absolute Gasteiger partial charge is 0.465 e. The van der Waals surface area contributed by atoms with E-state index >= 15 is 0 Å². The average Bonchev–Trinajstić information content (AvgIpc) is 3.08. The van der Waals surface area contributed by atoms with E-state index in [0.29, 0.717) is 28.2 Å². The molecule has 0 aliphatic heterocycles. The first kappa shape index (κ1) is 36.0. The summed E-state index contributed by atoms with van der Waals surface area (Å²) in [5.41, 5.74) is 10.6. The van der Waals surface area contributed by atoms with E-state index in [-0.39, 0.29) is 18.2 Å². The van der Waals surface area contributed by atoms with Crippen LogP contribution in [-0.4, -0.2) is 26.2 Å². The van der Waals surface area contributed by atoms with Crippen molar-refractivity contribution in [3.05, 3.63) is 149 Å². The summed E-state index contributed by atoms with van der Waals surface area (Å²) in [6.07, 6.45) is 0. The Labute approximate surface area is 283 Å². The first-order valence-corrected chi connectivity index (χ1v) is 15.9. The highest BCUT2D eigenvalue weighted by Gasteiger charge is 2.13. The first-order valence-electron chi connectivity index (χ1n) is 13.9. The van der Waals surface area contributed by atoms with E-state index in [9.17, 15) is 14.0 Å². The normalized spacial score (nSPS) is 10.1. The predicted molar refractivity (Wildman–Crippen MR) is 189 cm³/mol. The molecule has 0 radical (unpaired) electrons. The van der Waals surface area contributed by atoms with E-state index < -0.39 is 11.9 Å². The molecule has 0 saturated carbocycles. The highest BCUT2D eigenvalue weighted by molar-refractivity contribution is 7.98. The molecule has 0 atom stereocenters. The maximum absolute atomic E-state index is 13.1. The van der Waals surface area contributed by atoms with Gasteiger partial charge >= 0.3 is 11.9 Å². The Kier molecular flexibility index (Phi) is 14.5. The fourth-order valence-corrected chi connectivity index (χ4v) is 5.85. The van der Waals surface area contributed by atoms with Gasteiger partial charge in [-0.3, -0.25) is 0 Å². The number of hydrogen-bond donors (Lipinski definition) is 2. The predicted octanol–water partition coefficient (Wildman–Crippen LogP) is 9.42. The molecule has 46 heavy (non-hydrogen) atoms. The van der Waals surface area contributed by atoms with Gasteiger partial charge in [0.2, 0.25) is 0 Å². The van der Waals surface area contributed by atoms with Crippen LogP contribution in [0.15, 0.2) is 131 Å². The highest BCUT2D eigenvalue weighted by atomic mass is 35.5.